The number of likely N-dealkylation sites (N-methyl/N-ethyl adjacent to an activating group) is 1. The molecule has 0 saturated carbocycles. The summed E-state index contributed by atoms with van der Waals surface area (Å²) in [5, 5.41) is 5.65. The van der Waals surface area contributed by atoms with Crippen molar-refractivity contribution in [2.45, 2.75) is 26.4 Å². The number of halogens is 1. The normalized spacial score (nSPS) is 12.4. The van der Waals surface area contributed by atoms with Gasteiger partial charge < -0.3 is 5.32 Å². The predicted molar refractivity (Wildman–Crippen MR) is 90.1 cm³/mol. The molecule has 1 aromatic carbocycles. The van der Waals surface area contributed by atoms with Crippen molar-refractivity contribution in [1.29, 1.82) is 0 Å². The maximum absolute atomic E-state index is 12.3. The lowest BCUT2D eigenvalue weighted by Crippen LogP contribution is -2.39. The zero-order valence-electron chi connectivity index (χ0n) is 12.4. The van der Waals surface area contributed by atoms with Crippen LogP contribution in [0.5, 0.6) is 0 Å². The molecular weight excluding hydrogens is 304 g/mol. The molecule has 2 aromatic rings. The molecule has 0 aliphatic heterocycles. The summed E-state index contributed by atoms with van der Waals surface area (Å²) < 4.78 is 0. The monoisotopic (exact) mass is 322 g/mol. The number of carbonyl (C=O) groups excluding carboxylic acids is 1. The van der Waals surface area contributed by atoms with E-state index < -0.39 is 0 Å². The average molecular weight is 323 g/mol. The molecule has 0 fully saturated rings. The van der Waals surface area contributed by atoms with Gasteiger partial charge in [0.2, 0.25) is 5.91 Å². The van der Waals surface area contributed by atoms with Crippen LogP contribution in [-0.2, 0) is 11.3 Å². The van der Waals surface area contributed by atoms with Crippen LogP contribution in [0.25, 0.3) is 0 Å². The topological polar surface area (TPSA) is 32.3 Å². The quantitative estimate of drug-likeness (QED) is 0.896. The Morgan fingerprint density at radius 3 is 2.57 bits per heavy atom. The van der Waals surface area contributed by atoms with Crippen molar-refractivity contribution < 1.29 is 4.79 Å². The summed E-state index contributed by atoms with van der Waals surface area (Å²) >= 11 is 7.56. The van der Waals surface area contributed by atoms with Gasteiger partial charge in [-0.05, 0) is 62.2 Å². The Morgan fingerprint density at radius 1 is 1.33 bits per heavy atom. The molecule has 0 saturated heterocycles. The molecule has 0 spiro atoms. The number of rotatable bonds is 5. The van der Waals surface area contributed by atoms with Crippen LogP contribution in [0.2, 0.25) is 5.02 Å². The number of amides is 1. The number of benzene rings is 1. The van der Waals surface area contributed by atoms with E-state index in [0.29, 0.717) is 5.02 Å². The van der Waals surface area contributed by atoms with Gasteiger partial charge in [-0.25, -0.2) is 0 Å². The number of carbonyl (C=O) groups is 1. The lowest BCUT2D eigenvalue weighted by atomic mass is 10.2. The minimum Gasteiger partial charge on any atom is -0.325 e. The Kier molecular flexibility index (Phi) is 5.39. The number of anilines is 1. The maximum Gasteiger partial charge on any atom is 0.241 e. The highest BCUT2D eigenvalue weighted by atomic mass is 35.5. The van der Waals surface area contributed by atoms with Crippen LogP contribution in [0.3, 0.4) is 0 Å². The van der Waals surface area contributed by atoms with Crippen molar-refractivity contribution >= 4 is 34.5 Å². The van der Waals surface area contributed by atoms with Gasteiger partial charge in [-0.2, -0.15) is 0 Å². The van der Waals surface area contributed by atoms with E-state index >= 15 is 0 Å². The van der Waals surface area contributed by atoms with Crippen molar-refractivity contribution in [2.75, 3.05) is 12.4 Å². The first-order chi connectivity index (χ1) is 9.97. The molecule has 3 nitrogen and oxygen atoms in total. The summed E-state index contributed by atoms with van der Waals surface area (Å²) in [4.78, 5) is 15.6. The molecule has 0 unspecified atom stereocenters. The number of nitrogens with zero attached hydrogens (tertiary/aromatic N) is 1. The molecule has 5 heteroatoms. The third-order valence-corrected chi connectivity index (χ3v) is 4.77. The zero-order valence-corrected chi connectivity index (χ0v) is 14.0. The second kappa shape index (κ2) is 7.07. The number of hydrogen-bond acceptors (Lipinski definition) is 3. The summed E-state index contributed by atoms with van der Waals surface area (Å²) in [5.74, 6) is -0.0194. The van der Waals surface area contributed by atoms with E-state index in [2.05, 4.69) is 23.7 Å². The van der Waals surface area contributed by atoms with Gasteiger partial charge in [-0.3, -0.25) is 9.69 Å². The Bertz CT molecular complexity index is 609. The van der Waals surface area contributed by atoms with Gasteiger partial charge in [0.1, 0.15) is 0 Å². The fraction of sp³-hybridized carbons (Fsp3) is 0.312. The SMILES string of the molecule is Cc1ccsc1CN(C)[C@@H](C)C(=O)Nc1ccc(Cl)cc1. The zero-order chi connectivity index (χ0) is 15.4. The molecule has 1 amide bonds. The fourth-order valence-corrected chi connectivity index (χ4v) is 3.00. The summed E-state index contributed by atoms with van der Waals surface area (Å²) in [6.07, 6.45) is 0. The van der Waals surface area contributed by atoms with Gasteiger partial charge in [0.25, 0.3) is 0 Å². The van der Waals surface area contributed by atoms with Gasteiger partial charge >= 0.3 is 0 Å². The molecule has 1 atom stereocenters. The van der Waals surface area contributed by atoms with E-state index in [1.165, 1.54) is 10.4 Å². The number of thiophene rings is 1. The van der Waals surface area contributed by atoms with Gasteiger partial charge in [0, 0.05) is 22.1 Å². The Hall–Kier alpha value is -1.36. The van der Waals surface area contributed by atoms with Crippen LogP contribution in [-0.4, -0.2) is 23.9 Å². The lowest BCUT2D eigenvalue weighted by Gasteiger charge is -2.23. The standard InChI is InChI=1S/C16H19ClN2OS/c1-11-8-9-21-15(11)10-19(3)12(2)16(20)18-14-6-4-13(17)5-7-14/h4-9,12H,10H2,1-3H3,(H,18,20)/t12-/m0/s1. The smallest absolute Gasteiger partial charge is 0.241 e. The van der Waals surface area contributed by atoms with E-state index in [-0.39, 0.29) is 11.9 Å². The molecule has 1 N–H and O–H groups in total. The Morgan fingerprint density at radius 2 is 2.00 bits per heavy atom. The van der Waals surface area contributed by atoms with Crippen molar-refractivity contribution in [2.24, 2.45) is 0 Å². The minimum atomic E-state index is -0.206. The van der Waals surface area contributed by atoms with Crippen LogP contribution < -0.4 is 5.32 Å². The third-order valence-electron chi connectivity index (χ3n) is 3.51. The third kappa shape index (κ3) is 4.30. The van der Waals surface area contributed by atoms with Gasteiger partial charge in [0.05, 0.1) is 6.04 Å². The summed E-state index contributed by atoms with van der Waals surface area (Å²) in [6.45, 7) is 4.78. The van der Waals surface area contributed by atoms with Crippen LogP contribution in [0.1, 0.15) is 17.4 Å². The van der Waals surface area contributed by atoms with Crippen LogP contribution in [0, 0.1) is 6.92 Å². The Labute approximate surface area is 134 Å². The molecule has 0 radical (unpaired) electrons. The molecular formula is C16H19ClN2OS. The highest BCUT2D eigenvalue weighted by molar-refractivity contribution is 7.10. The van der Waals surface area contributed by atoms with E-state index in [9.17, 15) is 4.79 Å². The fourth-order valence-electron chi connectivity index (χ4n) is 1.91. The largest absolute Gasteiger partial charge is 0.325 e. The predicted octanol–water partition coefficient (Wildman–Crippen LogP) is 4.17. The Balaban J connectivity index is 1.95. The highest BCUT2D eigenvalue weighted by Crippen LogP contribution is 2.19. The molecule has 1 aromatic heterocycles. The van der Waals surface area contributed by atoms with Crippen LogP contribution in [0.15, 0.2) is 35.7 Å². The first-order valence-electron chi connectivity index (χ1n) is 6.77. The summed E-state index contributed by atoms with van der Waals surface area (Å²) in [7, 11) is 1.96. The van der Waals surface area contributed by atoms with Crippen molar-refractivity contribution in [1.82, 2.24) is 4.90 Å². The molecule has 0 bridgehead atoms. The second-order valence-electron chi connectivity index (χ2n) is 5.11. The maximum atomic E-state index is 12.3. The van der Waals surface area contributed by atoms with Crippen molar-refractivity contribution in [3.05, 3.63) is 51.2 Å². The van der Waals surface area contributed by atoms with Gasteiger partial charge in [-0.1, -0.05) is 11.6 Å². The molecule has 2 rings (SSSR count). The molecule has 1 heterocycles. The first kappa shape index (κ1) is 16.0. The van der Waals surface area contributed by atoms with E-state index in [0.717, 1.165) is 12.2 Å². The van der Waals surface area contributed by atoms with Gasteiger partial charge in [-0.15, -0.1) is 11.3 Å². The summed E-state index contributed by atoms with van der Waals surface area (Å²) in [6, 6.07) is 9.03. The van der Waals surface area contributed by atoms with Crippen molar-refractivity contribution in [3.8, 4) is 0 Å². The number of nitrogens with one attached hydrogen (secondary N) is 1. The lowest BCUT2D eigenvalue weighted by molar-refractivity contribution is -0.120. The molecule has 21 heavy (non-hydrogen) atoms. The summed E-state index contributed by atoms with van der Waals surface area (Å²) in [5.41, 5.74) is 2.04. The second-order valence-corrected chi connectivity index (χ2v) is 6.55. The number of aryl methyl sites for hydroxylation is 1. The molecule has 112 valence electrons. The van der Waals surface area contributed by atoms with E-state index in [1.807, 2.05) is 18.9 Å². The minimum absolute atomic E-state index is 0.0194. The van der Waals surface area contributed by atoms with Crippen LogP contribution in [0.4, 0.5) is 5.69 Å². The van der Waals surface area contributed by atoms with E-state index in [1.54, 1.807) is 35.6 Å². The highest BCUT2D eigenvalue weighted by Gasteiger charge is 2.19. The first-order valence-corrected chi connectivity index (χ1v) is 8.03. The van der Waals surface area contributed by atoms with E-state index in [4.69, 9.17) is 11.6 Å². The van der Waals surface area contributed by atoms with Crippen molar-refractivity contribution in [3.63, 3.8) is 0 Å². The van der Waals surface area contributed by atoms with Gasteiger partial charge in [0.15, 0.2) is 0 Å². The molecule has 0 aliphatic rings. The average Bonchev–Trinajstić information content (AvgIpc) is 2.86. The molecule has 0 aliphatic carbocycles. The number of hydrogen-bond donors (Lipinski definition) is 1. The van der Waals surface area contributed by atoms with Crippen LogP contribution >= 0.6 is 22.9 Å².